The van der Waals surface area contributed by atoms with Crippen LogP contribution in [0, 0.1) is 0 Å². The average Bonchev–Trinajstić information content (AvgIpc) is 2.25. The van der Waals surface area contributed by atoms with Gasteiger partial charge in [0.25, 0.3) is 0 Å². The van der Waals surface area contributed by atoms with Crippen LogP contribution in [0.15, 0.2) is 18.2 Å². The molecule has 1 aromatic heterocycles. The molecule has 1 rings (SSSR count). The van der Waals surface area contributed by atoms with E-state index in [1.807, 2.05) is 6.92 Å². The monoisotopic (exact) mass is 247 g/mol. The van der Waals surface area contributed by atoms with E-state index in [1.54, 1.807) is 18.0 Å². The molecule has 1 atom stereocenters. The molecule has 1 unspecified atom stereocenters. The predicted octanol–water partition coefficient (Wildman–Crippen LogP) is 2.27. The van der Waals surface area contributed by atoms with Gasteiger partial charge in [-0.25, -0.2) is 4.98 Å². The molecular weight excluding hydrogens is 231 g/mol. The largest absolute Gasteiger partial charge is 0.433 e. The Hall–Kier alpha value is -1.30. The SMILES string of the molecule is CC(N)CCN(C)c1cccc(C(F)(F)F)n1. The lowest BCUT2D eigenvalue weighted by atomic mass is 10.2. The summed E-state index contributed by atoms with van der Waals surface area (Å²) in [6.45, 7) is 2.43. The minimum absolute atomic E-state index is 0.0169. The minimum Gasteiger partial charge on any atom is -0.360 e. The quantitative estimate of drug-likeness (QED) is 0.887. The highest BCUT2D eigenvalue weighted by atomic mass is 19.4. The van der Waals surface area contributed by atoms with Gasteiger partial charge in [-0.05, 0) is 25.5 Å². The van der Waals surface area contributed by atoms with Crippen LogP contribution in [-0.4, -0.2) is 24.6 Å². The maximum Gasteiger partial charge on any atom is 0.433 e. The Morgan fingerprint density at radius 3 is 2.59 bits per heavy atom. The Kier molecular flexibility index (Phi) is 4.34. The second kappa shape index (κ2) is 5.35. The van der Waals surface area contributed by atoms with Crippen molar-refractivity contribution >= 4 is 5.82 Å². The van der Waals surface area contributed by atoms with E-state index in [1.165, 1.54) is 6.07 Å². The van der Waals surface area contributed by atoms with E-state index in [0.29, 0.717) is 18.8 Å². The second-order valence-corrected chi connectivity index (χ2v) is 4.07. The van der Waals surface area contributed by atoms with Crippen LogP contribution in [0.3, 0.4) is 0 Å². The van der Waals surface area contributed by atoms with Crippen LogP contribution >= 0.6 is 0 Å². The fourth-order valence-electron chi connectivity index (χ4n) is 1.31. The van der Waals surface area contributed by atoms with Crippen molar-refractivity contribution in [2.24, 2.45) is 5.73 Å². The minimum atomic E-state index is -4.40. The molecule has 0 aliphatic heterocycles. The van der Waals surface area contributed by atoms with E-state index < -0.39 is 11.9 Å². The number of hydrogen-bond acceptors (Lipinski definition) is 3. The predicted molar refractivity (Wildman–Crippen MR) is 60.8 cm³/mol. The highest BCUT2D eigenvalue weighted by molar-refractivity contribution is 5.38. The summed E-state index contributed by atoms with van der Waals surface area (Å²) in [4.78, 5) is 5.25. The molecule has 2 N–H and O–H groups in total. The number of alkyl halides is 3. The van der Waals surface area contributed by atoms with Crippen LogP contribution in [0.1, 0.15) is 19.0 Å². The number of anilines is 1. The van der Waals surface area contributed by atoms with Gasteiger partial charge in [-0.1, -0.05) is 6.07 Å². The van der Waals surface area contributed by atoms with E-state index in [2.05, 4.69) is 4.98 Å². The molecule has 0 aromatic carbocycles. The molecule has 0 radical (unpaired) electrons. The molecule has 0 bridgehead atoms. The van der Waals surface area contributed by atoms with E-state index in [-0.39, 0.29) is 6.04 Å². The van der Waals surface area contributed by atoms with Crippen molar-refractivity contribution in [3.8, 4) is 0 Å². The van der Waals surface area contributed by atoms with Gasteiger partial charge in [-0.2, -0.15) is 13.2 Å². The van der Waals surface area contributed by atoms with Crippen LogP contribution in [-0.2, 0) is 6.18 Å². The summed E-state index contributed by atoms with van der Waals surface area (Å²) < 4.78 is 37.3. The summed E-state index contributed by atoms with van der Waals surface area (Å²) in [5.74, 6) is 0.306. The van der Waals surface area contributed by atoms with Crippen molar-refractivity contribution in [1.82, 2.24) is 4.98 Å². The molecule has 96 valence electrons. The molecule has 1 aromatic rings. The third-order valence-corrected chi connectivity index (χ3v) is 2.34. The molecule has 0 saturated carbocycles. The number of pyridine rings is 1. The Labute approximate surface area is 98.4 Å². The van der Waals surface area contributed by atoms with Crippen molar-refractivity contribution in [2.75, 3.05) is 18.5 Å². The van der Waals surface area contributed by atoms with Gasteiger partial charge in [0.1, 0.15) is 11.5 Å². The molecule has 1 heterocycles. The first kappa shape index (κ1) is 13.8. The number of nitrogens with two attached hydrogens (primary N) is 1. The smallest absolute Gasteiger partial charge is 0.360 e. The third kappa shape index (κ3) is 4.22. The zero-order valence-corrected chi connectivity index (χ0v) is 9.83. The van der Waals surface area contributed by atoms with Crippen LogP contribution in [0.25, 0.3) is 0 Å². The average molecular weight is 247 g/mol. The molecule has 6 heteroatoms. The van der Waals surface area contributed by atoms with Gasteiger partial charge < -0.3 is 10.6 Å². The maximum atomic E-state index is 12.4. The number of halogens is 3. The first-order valence-electron chi connectivity index (χ1n) is 5.31. The molecule has 17 heavy (non-hydrogen) atoms. The summed E-state index contributed by atoms with van der Waals surface area (Å²) in [5, 5.41) is 0. The zero-order valence-electron chi connectivity index (χ0n) is 9.83. The lowest BCUT2D eigenvalue weighted by molar-refractivity contribution is -0.141. The molecular formula is C11H16F3N3. The molecule has 0 fully saturated rings. The maximum absolute atomic E-state index is 12.4. The van der Waals surface area contributed by atoms with Gasteiger partial charge in [0.2, 0.25) is 0 Å². The van der Waals surface area contributed by atoms with E-state index in [9.17, 15) is 13.2 Å². The van der Waals surface area contributed by atoms with Gasteiger partial charge in [0, 0.05) is 19.6 Å². The summed E-state index contributed by atoms with van der Waals surface area (Å²) >= 11 is 0. The second-order valence-electron chi connectivity index (χ2n) is 4.07. The Bertz CT molecular complexity index is 363. The van der Waals surface area contributed by atoms with Crippen molar-refractivity contribution in [2.45, 2.75) is 25.6 Å². The molecule has 0 saturated heterocycles. The normalized spacial score (nSPS) is 13.5. The van der Waals surface area contributed by atoms with Gasteiger partial charge in [-0.15, -0.1) is 0 Å². The Morgan fingerprint density at radius 2 is 2.06 bits per heavy atom. The van der Waals surface area contributed by atoms with Crippen molar-refractivity contribution < 1.29 is 13.2 Å². The van der Waals surface area contributed by atoms with E-state index >= 15 is 0 Å². The Balaban J connectivity index is 2.77. The first-order valence-corrected chi connectivity index (χ1v) is 5.31. The lowest BCUT2D eigenvalue weighted by Gasteiger charge is -2.20. The molecule has 0 spiro atoms. The number of aromatic nitrogens is 1. The van der Waals surface area contributed by atoms with Crippen LogP contribution < -0.4 is 10.6 Å². The van der Waals surface area contributed by atoms with E-state index in [0.717, 1.165) is 6.07 Å². The molecule has 0 aliphatic carbocycles. The van der Waals surface area contributed by atoms with Crippen molar-refractivity contribution in [1.29, 1.82) is 0 Å². The highest BCUT2D eigenvalue weighted by Crippen LogP contribution is 2.28. The first-order chi connectivity index (χ1) is 7.80. The summed E-state index contributed by atoms with van der Waals surface area (Å²) in [5.41, 5.74) is 4.72. The third-order valence-electron chi connectivity index (χ3n) is 2.34. The van der Waals surface area contributed by atoms with Gasteiger partial charge in [0.15, 0.2) is 0 Å². The summed E-state index contributed by atoms with van der Waals surface area (Å²) in [6, 6.07) is 3.88. The summed E-state index contributed by atoms with van der Waals surface area (Å²) in [7, 11) is 1.70. The lowest BCUT2D eigenvalue weighted by Crippen LogP contribution is -2.26. The summed E-state index contributed by atoms with van der Waals surface area (Å²) in [6.07, 6.45) is -3.70. The van der Waals surface area contributed by atoms with E-state index in [4.69, 9.17) is 5.73 Å². The zero-order chi connectivity index (χ0) is 13.1. The topological polar surface area (TPSA) is 42.1 Å². The fraction of sp³-hybridized carbons (Fsp3) is 0.545. The standard InChI is InChI=1S/C11H16F3N3/c1-8(15)6-7-17(2)10-5-3-4-9(16-10)11(12,13)14/h3-5,8H,6-7,15H2,1-2H3. The van der Waals surface area contributed by atoms with Gasteiger partial charge in [0.05, 0.1) is 0 Å². The van der Waals surface area contributed by atoms with Crippen LogP contribution in [0.2, 0.25) is 0 Å². The van der Waals surface area contributed by atoms with Gasteiger partial charge in [-0.3, -0.25) is 0 Å². The molecule has 0 amide bonds. The number of rotatable bonds is 4. The molecule has 3 nitrogen and oxygen atoms in total. The number of hydrogen-bond donors (Lipinski definition) is 1. The van der Waals surface area contributed by atoms with Crippen molar-refractivity contribution in [3.63, 3.8) is 0 Å². The van der Waals surface area contributed by atoms with Gasteiger partial charge >= 0.3 is 6.18 Å². The number of nitrogens with zero attached hydrogens (tertiary/aromatic N) is 2. The molecule has 0 aliphatic rings. The Morgan fingerprint density at radius 1 is 1.41 bits per heavy atom. The van der Waals surface area contributed by atoms with Crippen LogP contribution in [0.4, 0.5) is 19.0 Å². The van der Waals surface area contributed by atoms with Crippen LogP contribution in [0.5, 0.6) is 0 Å². The highest BCUT2D eigenvalue weighted by Gasteiger charge is 2.32. The fourth-order valence-corrected chi connectivity index (χ4v) is 1.31. The van der Waals surface area contributed by atoms with Crippen molar-refractivity contribution in [3.05, 3.63) is 23.9 Å².